The van der Waals surface area contributed by atoms with Crippen LogP contribution in [0.1, 0.15) is 33.1 Å². The van der Waals surface area contributed by atoms with Crippen LogP contribution in [0.4, 0.5) is 0 Å². The van der Waals surface area contributed by atoms with Crippen LogP contribution in [-0.2, 0) is 13.6 Å². The molecular weight excluding hydrogens is 392 g/mol. The number of carbonyl (C=O) groups is 1. The van der Waals surface area contributed by atoms with Crippen LogP contribution in [0.15, 0.2) is 48.8 Å². The molecule has 1 atom stereocenters. The molecule has 0 saturated carbocycles. The highest BCUT2D eigenvalue weighted by atomic mass is 32.1. The van der Waals surface area contributed by atoms with Crippen LogP contribution >= 0.6 is 11.3 Å². The van der Waals surface area contributed by atoms with Gasteiger partial charge in [-0.05, 0) is 36.2 Å². The molecule has 5 nitrogen and oxygen atoms in total. The van der Waals surface area contributed by atoms with Crippen molar-refractivity contribution >= 4 is 38.4 Å². The van der Waals surface area contributed by atoms with Crippen LogP contribution in [0.5, 0.6) is 0 Å². The lowest BCUT2D eigenvalue weighted by atomic mass is 9.95. The fourth-order valence-corrected chi connectivity index (χ4v) is 5.97. The number of pyridine rings is 1. The van der Waals surface area contributed by atoms with Crippen molar-refractivity contribution in [2.45, 2.75) is 18.9 Å². The van der Waals surface area contributed by atoms with E-state index in [4.69, 9.17) is 0 Å². The van der Waals surface area contributed by atoms with Gasteiger partial charge in [-0.3, -0.25) is 9.69 Å². The smallest absolute Gasteiger partial charge is 0.263 e. The molecule has 1 aliphatic rings. The molecule has 0 aliphatic carbocycles. The van der Waals surface area contributed by atoms with Crippen molar-refractivity contribution in [1.29, 1.82) is 0 Å². The maximum atomic E-state index is 12.9. The summed E-state index contributed by atoms with van der Waals surface area (Å²) in [6.07, 6.45) is 5.14. The number of hydrogen-bond donors (Lipinski definition) is 0. The second-order valence-corrected chi connectivity index (χ2v) is 9.40. The molecule has 1 fully saturated rings. The van der Waals surface area contributed by atoms with E-state index in [0.717, 1.165) is 41.1 Å². The van der Waals surface area contributed by atoms with Gasteiger partial charge in [-0.15, -0.1) is 11.3 Å². The first-order chi connectivity index (χ1) is 14.5. The summed E-state index contributed by atoms with van der Waals surface area (Å²) in [6.45, 7) is 2.95. The van der Waals surface area contributed by atoms with E-state index >= 15 is 0 Å². The number of rotatable bonds is 4. The zero-order chi connectivity index (χ0) is 20.8. The Balaban J connectivity index is 1.45. The van der Waals surface area contributed by atoms with Gasteiger partial charge in [0.05, 0.1) is 4.88 Å². The number of carbonyl (C=O) groups excluding carboxylic acids is 1. The zero-order valence-electron chi connectivity index (χ0n) is 17.6. The first-order valence-corrected chi connectivity index (χ1v) is 11.2. The fourth-order valence-electron chi connectivity index (χ4n) is 4.72. The van der Waals surface area contributed by atoms with Crippen LogP contribution in [0, 0.1) is 0 Å². The van der Waals surface area contributed by atoms with E-state index in [1.807, 2.05) is 26.4 Å². The minimum atomic E-state index is 0.0838. The minimum absolute atomic E-state index is 0.0838. The van der Waals surface area contributed by atoms with Crippen LogP contribution in [0.2, 0.25) is 0 Å². The van der Waals surface area contributed by atoms with Gasteiger partial charge in [0.15, 0.2) is 0 Å². The molecule has 0 bridgehead atoms. The van der Waals surface area contributed by atoms with Gasteiger partial charge in [0.1, 0.15) is 4.83 Å². The molecule has 154 valence electrons. The molecule has 0 spiro atoms. The number of aryl methyl sites for hydroxylation is 1. The van der Waals surface area contributed by atoms with Crippen molar-refractivity contribution in [3.63, 3.8) is 0 Å². The van der Waals surface area contributed by atoms with Crippen LogP contribution in [-0.4, -0.2) is 52.4 Å². The molecule has 3 aromatic heterocycles. The third-order valence-electron chi connectivity index (χ3n) is 6.16. The average molecular weight is 419 g/mol. The quantitative estimate of drug-likeness (QED) is 0.491. The second kappa shape index (κ2) is 7.52. The number of thiophene rings is 1. The Morgan fingerprint density at radius 3 is 2.83 bits per heavy atom. The SMILES string of the molecule is CN(C)C(=O)c1sc2ncccc2c1C1CCN(Cc2cn(C)c3ccccc23)C1. The van der Waals surface area contributed by atoms with Gasteiger partial charge in [0.25, 0.3) is 5.91 Å². The van der Waals surface area contributed by atoms with Gasteiger partial charge >= 0.3 is 0 Å². The van der Waals surface area contributed by atoms with Crippen molar-refractivity contribution in [2.75, 3.05) is 27.2 Å². The predicted octanol–water partition coefficient (Wildman–Crippen LogP) is 4.48. The number of benzene rings is 1. The summed E-state index contributed by atoms with van der Waals surface area (Å²) in [7, 11) is 5.76. The Labute approximate surface area is 180 Å². The number of para-hydroxylation sites is 1. The first kappa shape index (κ1) is 19.3. The Hall–Kier alpha value is -2.70. The van der Waals surface area contributed by atoms with Gasteiger partial charge in [-0.25, -0.2) is 4.98 Å². The number of likely N-dealkylation sites (tertiary alicyclic amines) is 1. The second-order valence-electron chi connectivity index (χ2n) is 8.40. The van der Waals surface area contributed by atoms with E-state index in [0.29, 0.717) is 5.92 Å². The minimum Gasteiger partial charge on any atom is -0.350 e. The van der Waals surface area contributed by atoms with Crippen LogP contribution in [0.3, 0.4) is 0 Å². The molecular formula is C24H26N4OS. The molecule has 1 amide bonds. The van der Waals surface area contributed by atoms with Crippen molar-refractivity contribution in [2.24, 2.45) is 7.05 Å². The summed E-state index contributed by atoms with van der Waals surface area (Å²) in [4.78, 5) is 23.5. The topological polar surface area (TPSA) is 41.4 Å². The first-order valence-electron chi connectivity index (χ1n) is 10.4. The highest BCUT2D eigenvalue weighted by Crippen LogP contribution is 2.40. The van der Waals surface area contributed by atoms with Gasteiger partial charge in [0.2, 0.25) is 0 Å². The number of amides is 1. The predicted molar refractivity (Wildman–Crippen MR) is 123 cm³/mol. The molecule has 1 aromatic carbocycles. The Bertz CT molecular complexity index is 1240. The number of hydrogen-bond acceptors (Lipinski definition) is 4. The standard InChI is InChI=1S/C24H26N4OS/c1-26(2)24(29)22-21(19-8-6-11-25-23(19)30-22)16-10-12-28(14-16)15-17-13-27(3)20-9-5-4-7-18(17)20/h4-9,11,13,16H,10,12,14-15H2,1-3H3. The third kappa shape index (κ3) is 3.20. The van der Waals surface area contributed by atoms with Gasteiger partial charge in [-0.1, -0.05) is 24.3 Å². The highest BCUT2D eigenvalue weighted by Gasteiger charge is 2.31. The van der Waals surface area contributed by atoms with Gasteiger partial charge in [-0.2, -0.15) is 0 Å². The lowest BCUT2D eigenvalue weighted by Crippen LogP contribution is -2.23. The Kier molecular flexibility index (Phi) is 4.83. The van der Waals surface area contributed by atoms with E-state index in [-0.39, 0.29) is 5.91 Å². The monoisotopic (exact) mass is 418 g/mol. The summed E-state index contributed by atoms with van der Waals surface area (Å²) < 4.78 is 2.21. The molecule has 30 heavy (non-hydrogen) atoms. The van der Waals surface area contributed by atoms with Gasteiger partial charge in [0, 0.05) is 68.8 Å². The zero-order valence-corrected chi connectivity index (χ0v) is 18.4. The molecule has 1 unspecified atom stereocenters. The van der Waals surface area contributed by atoms with E-state index < -0.39 is 0 Å². The molecule has 4 heterocycles. The molecule has 0 N–H and O–H groups in total. The number of fused-ring (bicyclic) bond motifs is 2. The summed E-state index contributed by atoms with van der Waals surface area (Å²) in [5.74, 6) is 0.442. The summed E-state index contributed by atoms with van der Waals surface area (Å²) in [6, 6.07) is 12.7. The maximum absolute atomic E-state index is 12.9. The number of nitrogens with zero attached hydrogens (tertiary/aromatic N) is 4. The lowest BCUT2D eigenvalue weighted by Gasteiger charge is -2.17. The van der Waals surface area contributed by atoms with E-state index in [2.05, 4.69) is 58.0 Å². The van der Waals surface area contributed by atoms with Crippen LogP contribution < -0.4 is 0 Å². The highest BCUT2D eigenvalue weighted by molar-refractivity contribution is 7.20. The fraction of sp³-hybridized carbons (Fsp3) is 0.333. The molecule has 5 rings (SSSR count). The largest absolute Gasteiger partial charge is 0.350 e. The van der Waals surface area contributed by atoms with Crippen molar-refractivity contribution in [3.8, 4) is 0 Å². The van der Waals surface area contributed by atoms with E-state index in [9.17, 15) is 4.79 Å². The molecule has 4 aromatic rings. The average Bonchev–Trinajstić information content (AvgIpc) is 3.44. The van der Waals surface area contributed by atoms with Gasteiger partial charge < -0.3 is 9.47 Å². The van der Waals surface area contributed by atoms with E-state index in [1.165, 1.54) is 33.4 Å². The lowest BCUT2D eigenvalue weighted by molar-refractivity contribution is 0.0831. The summed E-state index contributed by atoms with van der Waals surface area (Å²) in [5.41, 5.74) is 3.84. The van der Waals surface area contributed by atoms with Crippen molar-refractivity contribution in [1.82, 2.24) is 19.4 Å². The summed E-state index contributed by atoms with van der Waals surface area (Å²) in [5, 5.41) is 2.47. The summed E-state index contributed by atoms with van der Waals surface area (Å²) >= 11 is 1.53. The van der Waals surface area contributed by atoms with Crippen LogP contribution in [0.25, 0.3) is 21.1 Å². The third-order valence-corrected chi connectivity index (χ3v) is 7.28. The molecule has 6 heteroatoms. The van der Waals surface area contributed by atoms with E-state index in [1.54, 1.807) is 4.90 Å². The molecule has 1 aliphatic heterocycles. The Morgan fingerprint density at radius 2 is 2.00 bits per heavy atom. The molecule has 1 saturated heterocycles. The number of aromatic nitrogens is 2. The Morgan fingerprint density at radius 1 is 1.20 bits per heavy atom. The normalized spacial score (nSPS) is 17.2. The molecule has 0 radical (unpaired) electrons. The van der Waals surface area contributed by atoms with Crippen molar-refractivity contribution in [3.05, 3.63) is 64.8 Å². The van der Waals surface area contributed by atoms with Crippen molar-refractivity contribution < 1.29 is 4.79 Å². The maximum Gasteiger partial charge on any atom is 0.263 e.